The van der Waals surface area contributed by atoms with E-state index in [0.717, 1.165) is 28.9 Å². The normalized spacial score (nSPS) is 21.7. The van der Waals surface area contributed by atoms with Gasteiger partial charge in [0.2, 0.25) is 5.91 Å². The van der Waals surface area contributed by atoms with Crippen molar-refractivity contribution in [2.45, 2.75) is 51.2 Å². The molecular weight excluding hydrogens is 390 g/mol. The van der Waals surface area contributed by atoms with E-state index in [-0.39, 0.29) is 24.4 Å². The Morgan fingerprint density at radius 2 is 1.71 bits per heavy atom. The zero-order valence-corrected chi connectivity index (χ0v) is 18.1. The first-order valence-electron chi connectivity index (χ1n) is 11.0. The summed E-state index contributed by atoms with van der Waals surface area (Å²) in [5.41, 5.74) is 0.649. The highest BCUT2D eigenvalue weighted by molar-refractivity contribution is 6.09. The van der Waals surface area contributed by atoms with Gasteiger partial charge < -0.3 is 10.2 Å². The molecule has 2 atom stereocenters. The average molecular weight is 420 g/mol. The monoisotopic (exact) mass is 419 g/mol. The minimum atomic E-state index is -1.12. The van der Waals surface area contributed by atoms with Gasteiger partial charge in [0.25, 0.3) is 5.91 Å². The predicted octanol–water partition coefficient (Wildman–Crippen LogP) is 3.67. The van der Waals surface area contributed by atoms with E-state index in [9.17, 15) is 14.4 Å². The van der Waals surface area contributed by atoms with Gasteiger partial charge in [0.05, 0.1) is 0 Å². The fourth-order valence-corrected chi connectivity index (χ4v) is 4.43. The SMILES string of the molecule is CCC1(c2ccccc2)NC(=O)N(CC(=O)N(Cc2ccccc2)C(C)C2CC2)C1=O. The maximum atomic E-state index is 13.4. The van der Waals surface area contributed by atoms with Gasteiger partial charge in [0.1, 0.15) is 12.1 Å². The lowest BCUT2D eigenvalue weighted by molar-refractivity contribution is -0.141. The lowest BCUT2D eigenvalue weighted by Crippen LogP contribution is -2.47. The molecule has 1 N–H and O–H groups in total. The first kappa shape index (κ1) is 21.1. The van der Waals surface area contributed by atoms with Crippen molar-refractivity contribution in [2.24, 2.45) is 5.92 Å². The topological polar surface area (TPSA) is 69.7 Å². The van der Waals surface area contributed by atoms with Crippen LogP contribution in [0.3, 0.4) is 0 Å². The van der Waals surface area contributed by atoms with Crippen LogP contribution in [0.4, 0.5) is 4.79 Å². The fraction of sp³-hybridized carbons (Fsp3) is 0.400. The number of rotatable bonds is 8. The highest BCUT2D eigenvalue weighted by atomic mass is 16.2. The number of amides is 4. The number of carbonyl (C=O) groups excluding carboxylic acids is 3. The van der Waals surface area contributed by atoms with E-state index in [2.05, 4.69) is 12.2 Å². The molecule has 0 aromatic heterocycles. The second-order valence-corrected chi connectivity index (χ2v) is 8.53. The molecule has 0 spiro atoms. The molecule has 0 radical (unpaired) electrons. The molecule has 1 aliphatic heterocycles. The molecular formula is C25H29N3O3. The maximum Gasteiger partial charge on any atom is 0.325 e. The Bertz CT molecular complexity index is 958. The minimum absolute atomic E-state index is 0.0681. The Balaban J connectivity index is 1.55. The molecule has 1 aliphatic carbocycles. The average Bonchev–Trinajstić information content (AvgIpc) is 3.62. The van der Waals surface area contributed by atoms with Crippen molar-refractivity contribution in [1.82, 2.24) is 15.1 Å². The molecule has 31 heavy (non-hydrogen) atoms. The molecule has 2 fully saturated rings. The van der Waals surface area contributed by atoms with Crippen LogP contribution < -0.4 is 5.32 Å². The van der Waals surface area contributed by atoms with Gasteiger partial charge in [-0.05, 0) is 43.2 Å². The molecule has 1 heterocycles. The quantitative estimate of drug-likeness (QED) is 0.664. The van der Waals surface area contributed by atoms with Crippen LogP contribution in [0.1, 0.15) is 44.2 Å². The van der Waals surface area contributed by atoms with Crippen LogP contribution in [0.5, 0.6) is 0 Å². The molecule has 162 valence electrons. The number of nitrogens with one attached hydrogen (secondary N) is 1. The first-order valence-corrected chi connectivity index (χ1v) is 11.0. The summed E-state index contributed by atoms with van der Waals surface area (Å²) >= 11 is 0. The Morgan fingerprint density at radius 1 is 1.10 bits per heavy atom. The second-order valence-electron chi connectivity index (χ2n) is 8.53. The number of benzene rings is 2. The highest BCUT2D eigenvalue weighted by Gasteiger charge is 2.52. The van der Waals surface area contributed by atoms with Crippen LogP contribution in [-0.2, 0) is 21.7 Å². The zero-order valence-electron chi connectivity index (χ0n) is 18.1. The van der Waals surface area contributed by atoms with E-state index in [0.29, 0.717) is 18.9 Å². The largest absolute Gasteiger partial charge is 0.334 e. The summed E-state index contributed by atoms with van der Waals surface area (Å²) in [6.07, 6.45) is 2.63. The lowest BCUT2D eigenvalue weighted by atomic mass is 9.87. The minimum Gasteiger partial charge on any atom is -0.334 e. The van der Waals surface area contributed by atoms with Crippen molar-refractivity contribution in [3.63, 3.8) is 0 Å². The molecule has 2 unspecified atom stereocenters. The Labute approximate surface area is 183 Å². The van der Waals surface area contributed by atoms with Crippen molar-refractivity contribution >= 4 is 17.8 Å². The van der Waals surface area contributed by atoms with Crippen LogP contribution in [0.15, 0.2) is 60.7 Å². The summed E-state index contributed by atoms with van der Waals surface area (Å²) in [4.78, 5) is 42.4. The van der Waals surface area contributed by atoms with Gasteiger partial charge in [-0.15, -0.1) is 0 Å². The molecule has 1 saturated carbocycles. The summed E-state index contributed by atoms with van der Waals surface area (Å²) in [6, 6.07) is 18.6. The van der Waals surface area contributed by atoms with Crippen LogP contribution in [0.2, 0.25) is 0 Å². The van der Waals surface area contributed by atoms with Crippen molar-refractivity contribution in [3.8, 4) is 0 Å². The number of hydrogen-bond donors (Lipinski definition) is 1. The maximum absolute atomic E-state index is 13.4. The first-order chi connectivity index (χ1) is 15.0. The van der Waals surface area contributed by atoms with Gasteiger partial charge in [-0.1, -0.05) is 67.6 Å². The molecule has 4 rings (SSSR count). The summed E-state index contributed by atoms with van der Waals surface area (Å²) in [5.74, 6) is -0.0835. The lowest BCUT2D eigenvalue weighted by Gasteiger charge is -2.31. The number of hydrogen-bond acceptors (Lipinski definition) is 3. The van der Waals surface area contributed by atoms with Crippen LogP contribution in [-0.4, -0.2) is 40.2 Å². The predicted molar refractivity (Wildman–Crippen MR) is 118 cm³/mol. The summed E-state index contributed by atoms with van der Waals surface area (Å²) in [5, 5.41) is 2.86. The van der Waals surface area contributed by atoms with Crippen molar-refractivity contribution in [2.75, 3.05) is 6.54 Å². The smallest absolute Gasteiger partial charge is 0.325 e. The van der Waals surface area contributed by atoms with E-state index in [4.69, 9.17) is 0 Å². The Kier molecular flexibility index (Phi) is 5.81. The Hall–Kier alpha value is -3.15. The number of imide groups is 1. The van der Waals surface area contributed by atoms with Gasteiger partial charge in [0, 0.05) is 12.6 Å². The van der Waals surface area contributed by atoms with Crippen LogP contribution in [0, 0.1) is 5.92 Å². The van der Waals surface area contributed by atoms with Crippen LogP contribution >= 0.6 is 0 Å². The van der Waals surface area contributed by atoms with Gasteiger partial charge >= 0.3 is 6.03 Å². The van der Waals surface area contributed by atoms with Crippen molar-refractivity contribution < 1.29 is 14.4 Å². The third kappa shape index (κ3) is 4.07. The molecule has 0 bridgehead atoms. The number of nitrogens with zero attached hydrogens (tertiary/aromatic N) is 2. The summed E-state index contributed by atoms with van der Waals surface area (Å²) in [7, 11) is 0. The van der Waals surface area contributed by atoms with E-state index in [1.165, 1.54) is 0 Å². The van der Waals surface area contributed by atoms with E-state index in [1.54, 1.807) is 0 Å². The number of urea groups is 1. The van der Waals surface area contributed by atoms with Crippen molar-refractivity contribution in [3.05, 3.63) is 71.8 Å². The molecule has 1 saturated heterocycles. The van der Waals surface area contributed by atoms with Crippen LogP contribution in [0.25, 0.3) is 0 Å². The molecule has 6 heteroatoms. The van der Waals surface area contributed by atoms with Gasteiger partial charge in [-0.3, -0.25) is 14.5 Å². The van der Waals surface area contributed by atoms with Gasteiger partial charge in [-0.2, -0.15) is 0 Å². The fourth-order valence-electron chi connectivity index (χ4n) is 4.43. The molecule has 4 amide bonds. The van der Waals surface area contributed by atoms with E-state index in [1.807, 2.05) is 72.5 Å². The van der Waals surface area contributed by atoms with E-state index >= 15 is 0 Å². The third-order valence-corrected chi connectivity index (χ3v) is 6.58. The Morgan fingerprint density at radius 3 is 2.29 bits per heavy atom. The molecule has 2 aromatic carbocycles. The summed E-state index contributed by atoms with van der Waals surface area (Å²) in [6.45, 7) is 4.15. The number of carbonyl (C=O) groups is 3. The van der Waals surface area contributed by atoms with Gasteiger partial charge in [0.15, 0.2) is 0 Å². The summed E-state index contributed by atoms with van der Waals surface area (Å²) < 4.78 is 0. The molecule has 6 nitrogen and oxygen atoms in total. The highest BCUT2D eigenvalue weighted by Crippen LogP contribution is 2.36. The van der Waals surface area contributed by atoms with E-state index < -0.39 is 11.6 Å². The van der Waals surface area contributed by atoms with Gasteiger partial charge in [-0.25, -0.2) is 4.79 Å². The van der Waals surface area contributed by atoms with Crippen molar-refractivity contribution in [1.29, 1.82) is 0 Å². The molecule has 2 aliphatic rings. The zero-order chi connectivity index (χ0) is 22.0. The third-order valence-electron chi connectivity index (χ3n) is 6.58. The molecule has 2 aromatic rings. The second kappa shape index (κ2) is 8.53. The standard InChI is InChI=1S/C25H29N3O3/c1-3-25(21-12-8-5-9-13-21)23(30)28(24(31)26-25)17-22(29)27(18(2)20-14-15-20)16-19-10-6-4-7-11-19/h4-13,18,20H,3,14-17H2,1-2H3,(H,26,31).